The SMILES string of the molecule is c1cc2c(s1)CCN(Cc1nnnn1C1CC1)C2. The van der Waals surface area contributed by atoms with Crippen molar-refractivity contribution in [1.82, 2.24) is 25.1 Å². The maximum atomic E-state index is 4.18. The molecule has 6 heteroatoms. The molecule has 0 unspecified atom stereocenters. The van der Waals surface area contributed by atoms with Gasteiger partial charge in [-0.1, -0.05) is 0 Å². The zero-order valence-electron chi connectivity index (χ0n) is 10.1. The van der Waals surface area contributed by atoms with Gasteiger partial charge in [-0.3, -0.25) is 4.90 Å². The van der Waals surface area contributed by atoms with E-state index in [0.29, 0.717) is 6.04 Å². The Bertz CT molecular complexity index is 556. The van der Waals surface area contributed by atoms with Crippen molar-refractivity contribution < 1.29 is 0 Å². The molecule has 0 radical (unpaired) electrons. The molecule has 2 aliphatic rings. The minimum absolute atomic E-state index is 0.566. The summed E-state index contributed by atoms with van der Waals surface area (Å²) in [6.07, 6.45) is 3.62. The van der Waals surface area contributed by atoms with E-state index in [-0.39, 0.29) is 0 Å². The average Bonchev–Trinajstić information content (AvgIpc) is 2.95. The molecule has 1 fully saturated rings. The Balaban J connectivity index is 1.50. The van der Waals surface area contributed by atoms with Gasteiger partial charge in [0.1, 0.15) is 0 Å². The van der Waals surface area contributed by atoms with Crippen molar-refractivity contribution in [2.24, 2.45) is 0 Å². The molecule has 0 aromatic carbocycles. The minimum atomic E-state index is 0.566. The van der Waals surface area contributed by atoms with E-state index in [4.69, 9.17) is 0 Å². The molecule has 1 aliphatic heterocycles. The summed E-state index contributed by atoms with van der Waals surface area (Å²) in [6, 6.07) is 2.81. The lowest BCUT2D eigenvalue weighted by Crippen LogP contribution is -2.30. The maximum absolute atomic E-state index is 4.18. The zero-order valence-corrected chi connectivity index (χ0v) is 10.9. The van der Waals surface area contributed by atoms with Gasteiger partial charge in [-0.25, -0.2) is 4.68 Å². The fourth-order valence-corrected chi connectivity index (χ4v) is 3.45. The Morgan fingerprint density at radius 2 is 2.33 bits per heavy atom. The topological polar surface area (TPSA) is 46.8 Å². The zero-order chi connectivity index (χ0) is 11.9. The predicted octanol–water partition coefficient (Wildman–Crippen LogP) is 1.63. The van der Waals surface area contributed by atoms with E-state index in [1.165, 1.54) is 18.4 Å². The normalized spacial score (nSPS) is 20.0. The second-order valence-corrected chi connectivity index (χ2v) is 6.10. The molecule has 0 N–H and O–H groups in total. The van der Waals surface area contributed by atoms with Gasteiger partial charge in [-0.05, 0) is 46.7 Å². The van der Waals surface area contributed by atoms with Crippen LogP contribution in [0.1, 0.15) is 35.1 Å². The molecule has 1 aliphatic carbocycles. The Kier molecular flexibility index (Phi) is 2.44. The van der Waals surface area contributed by atoms with Crippen LogP contribution in [0.5, 0.6) is 0 Å². The van der Waals surface area contributed by atoms with Gasteiger partial charge >= 0.3 is 0 Å². The van der Waals surface area contributed by atoms with Gasteiger partial charge in [-0.15, -0.1) is 16.4 Å². The molecule has 0 amide bonds. The van der Waals surface area contributed by atoms with E-state index in [1.54, 1.807) is 4.88 Å². The highest BCUT2D eigenvalue weighted by Gasteiger charge is 2.28. The second-order valence-electron chi connectivity index (χ2n) is 5.10. The van der Waals surface area contributed by atoms with E-state index in [0.717, 1.165) is 31.9 Å². The van der Waals surface area contributed by atoms with Gasteiger partial charge in [0.15, 0.2) is 5.82 Å². The number of thiophene rings is 1. The number of aromatic nitrogens is 4. The highest BCUT2D eigenvalue weighted by atomic mass is 32.1. The van der Waals surface area contributed by atoms with Crippen molar-refractivity contribution in [1.29, 1.82) is 0 Å². The smallest absolute Gasteiger partial charge is 0.165 e. The monoisotopic (exact) mass is 261 g/mol. The Morgan fingerprint density at radius 1 is 1.39 bits per heavy atom. The molecule has 18 heavy (non-hydrogen) atoms. The van der Waals surface area contributed by atoms with Crippen LogP contribution in [0, 0.1) is 0 Å². The summed E-state index contributed by atoms with van der Waals surface area (Å²) < 4.78 is 2.02. The number of rotatable bonds is 3. The van der Waals surface area contributed by atoms with Crippen LogP contribution >= 0.6 is 11.3 Å². The maximum Gasteiger partial charge on any atom is 0.165 e. The number of nitrogens with zero attached hydrogens (tertiary/aromatic N) is 5. The number of hydrogen-bond donors (Lipinski definition) is 0. The van der Waals surface area contributed by atoms with Gasteiger partial charge in [0.25, 0.3) is 0 Å². The quantitative estimate of drug-likeness (QED) is 0.842. The third-order valence-electron chi connectivity index (χ3n) is 3.71. The van der Waals surface area contributed by atoms with E-state index < -0.39 is 0 Å². The van der Waals surface area contributed by atoms with Crippen LogP contribution in [0.3, 0.4) is 0 Å². The number of fused-ring (bicyclic) bond motifs is 1. The summed E-state index contributed by atoms with van der Waals surface area (Å²) in [5.74, 6) is 1.02. The third kappa shape index (κ3) is 1.85. The first-order valence-electron chi connectivity index (χ1n) is 6.44. The van der Waals surface area contributed by atoms with E-state index in [2.05, 4.69) is 31.9 Å². The largest absolute Gasteiger partial charge is 0.291 e. The van der Waals surface area contributed by atoms with Gasteiger partial charge in [-0.2, -0.15) is 0 Å². The van der Waals surface area contributed by atoms with Crippen LogP contribution in [-0.4, -0.2) is 31.7 Å². The van der Waals surface area contributed by atoms with Crippen molar-refractivity contribution in [3.8, 4) is 0 Å². The fourth-order valence-electron chi connectivity index (χ4n) is 2.56. The Hall–Kier alpha value is -1.27. The molecule has 0 spiro atoms. The standard InChI is InChI=1S/C12H15N5S/c1-2-10(1)17-12(13-14-15-17)8-16-5-3-11-9(7-16)4-6-18-11/h4,6,10H,1-3,5,7-8H2. The molecule has 2 aromatic rings. The molecule has 3 heterocycles. The molecule has 2 aromatic heterocycles. The summed E-state index contributed by atoms with van der Waals surface area (Å²) in [5.41, 5.74) is 1.48. The molecule has 1 saturated carbocycles. The van der Waals surface area contributed by atoms with E-state index >= 15 is 0 Å². The van der Waals surface area contributed by atoms with Crippen LogP contribution in [0.4, 0.5) is 0 Å². The van der Waals surface area contributed by atoms with Crippen molar-refractivity contribution in [2.75, 3.05) is 6.54 Å². The first kappa shape index (κ1) is 10.6. The molecule has 5 nitrogen and oxygen atoms in total. The first-order valence-corrected chi connectivity index (χ1v) is 7.32. The summed E-state index contributed by atoms with van der Waals surface area (Å²) in [7, 11) is 0. The van der Waals surface area contributed by atoms with Crippen LogP contribution in [0.25, 0.3) is 0 Å². The average molecular weight is 261 g/mol. The molecule has 4 rings (SSSR count). The highest BCUT2D eigenvalue weighted by Crippen LogP contribution is 2.34. The number of tetrazole rings is 1. The lowest BCUT2D eigenvalue weighted by molar-refractivity contribution is 0.236. The first-order chi connectivity index (χ1) is 8.90. The van der Waals surface area contributed by atoms with Crippen molar-refractivity contribution in [2.45, 2.75) is 38.4 Å². The van der Waals surface area contributed by atoms with Gasteiger partial charge in [0.2, 0.25) is 0 Å². The highest BCUT2D eigenvalue weighted by molar-refractivity contribution is 7.10. The van der Waals surface area contributed by atoms with Crippen LogP contribution in [-0.2, 0) is 19.5 Å². The lowest BCUT2D eigenvalue weighted by atomic mass is 10.1. The van der Waals surface area contributed by atoms with Crippen LogP contribution < -0.4 is 0 Å². The van der Waals surface area contributed by atoms with Crippen molar-refractivity contribution in [3.63, 3.8) is 0 Å². The Morgan fingerprint density at radius 3 is 3.22 bits per heavy atom. The van der Waals surface area contributed by atoms with Crippen molar-refractivity contribution >= 4 is 11.3 Å². The van der Waals surface area contributed by atoms with Crippen LogP contribution in [0.15, 0.2) is 11.4 Å². The van der Waals surface area contributed by atoms with E-state index in [9.17, 15) is 0 Å². The summed E-state index contributed by atoms with van der Waals surface area (Å²) in [5, 5.41) is 14.3. The van der Waals surface area contributed by atoms with E-state index in [1.807, 2.05) is 16.0 Å². The van der Waals surface area contributed by atoms with Gasteiger partial charge in [0, 0.05) is 18.0 Å². The molecular formula is C12H15N5S. The molecular weight excluding hydrogens is 246 g/mol. The third-order valence-corrected chi connectivity index (χ3v) is 4.73. The summed E-state index contributed by atoms with van der Waals surface area (Å²) in [6.45, 7) is 3.03. The molecule has 0 atom stereocenters. The minimum Gasteiger partial charge on any atom is -0.291 e. The molecule has 0 bridgehead atoms. The van der Waals surface area contributed by atoms with Gasteiger partial charge in [0.05, 0.1) is 12.6 Å². The van der Waals surface area contributed by atoms with Crippen LogP contribution in [0.2, 0.25) is 0 Å². The second kappa shape index (κ2) is 4.13. The van der Waals surface area contributed by atoms with Gasteiger partial charge < -0.3 is 0 Å². The molecule has 94 valence electrons. The summed E-state index contributed by atoms with van der Waals surface area (Å²) >= 11 is 1.88. The number of hydrogen-bond acceptors (Lipinski definition) is 5. The fraction of sp³-hybridized carbons (Fsp3) is 0.583. The van der Waals surface area contributed by atoms with Crippen molar-refractivity contribution in [3.05, 3.63) is 27.7 Å². The predicted molar refractivity (Wildman–Crippen MR) is 68.2 cm³/mol. The molecule has 0 saturated heterocycles. The lowest BCUT2D eigenvalue weighted by Gasteiger charge is -2.26. The summed E-state index contributed by atoms with van der Waals surface area (Å²) in [4.78, 5) is 3.99. The Labute approximate surface area is 109 Å².